The molecule has 0 spiro atoms. The van der Waals surface area contributed by atoms with Crippen LogP contribution in [0, 0.1) is 6.92 Å². The number of ether oxygens (including phenoxy) is 3. The summed E-state index contributed by atoms with van der Waals surface area (Å²) in [4.78, 5) is 36.4. The van der Waals surface area contributed by atoms with Crippen molar-refractivity contribution >= 4 is 29.6 Å². The molecule has 0 aliphatic rings. The van der Waals surface area contributed by atoms with E-state index < -0.39 is 11.8 Å². The molecule has 0 atom stereocenters. The third-order valence-electron chi connectivity index (χ3n) is 5.24. The van der Waals surface area contributed by atoms with E-state index in [1.807, 2.05) is 38.1 Å². The van der Waals surface area contributed by atoms with E-state index in [2.05, 4.69) is 21.2 Å². The van der Waals surface area contributed by atoms with Gasteiger partial charge in [-0.25, -0.2) is 5.43 Å². The van der Waals surface area contributed by atoms with Crippen molar-refractivity contribution in [3.8, 4) is 17.2 Å². The molecule has 0 heterocycles. The molecule has 3 rings (SSSR count). The molecular weight excluding hydrogens is 488 g/mol. The molecule has 3 amide bonds. The Balaban J connectivity index is 1.51. The van der Waals surface area contributed by atoms with Crippen LogP contribution in [0.15, 0.2) is 71.8 Å². The quantitative estimate of drug-likeness (QED) is 0.203. The second-order valence-corrected chi connectivity index (χ2v) is 8.02. The van der Waals surface area contributed by atoms with Crippen molar-refractivity contribution < 1.29 is 28.6 Å². The molecule has 38 heavy (non-hydrogen) atoms. The van der Waals surface area contributed by atoms with E-state index in [0.717, 1.165) is 11.1 Å². The summed E-state index contributed by atoms with van der Waals surface area (Å²) in [5, 5.41) is 9.17. The van der Waals surface area contributed by atoms with Gasteiger partial charge in [-0.05, 0) is 66.9 Å². The van der Waals surface area contributed by atoms with Crippen molar-refractivity contribution in [2.45, 2.75) is 20.4 Å². The first kappa shape index (κ1) is 27.7. The van der Waals surface area contributed by atoms with Crippen LogP contribution in [0.25, 0.3) is 0 Å². The second kappa shape index (κ2) is 14.0. The number of hydrogen-bond acceptors (Lipinski definition) is 7. The van der Waals surface area contributed by atoms with Crippen LogP contribution in [-0.2, 0) is 20.9 Å². The van der Waals surface area contributed by atoms with Gasteiger partial charge in [0.05, 0.1) is 19.9 Å². The molecule has 0 aromatic heterocycles. The largest absolute Gasteiger partial charge is 0.497 e. The molecule has 3 aromatic rings. The predicted octanol–water partition coefficient (Wildman–Crippen LogP) is 3.19. The van der Waals surface area contributed by atoms with E-state index in [1.54, 1.807) is 49.6 Å². The van der Waals surface area contributed by atoms with Gasteiger partial charge in [0.15, 0.2) is 18.1 Å². The third kappa shape index (κ3) is 8.37. The number of hydrogen-bond donors (Lipinski definition) is 3. The number of para-hydroxylation sites is 1. The van der Waals surface area contributed by atoms with Gasteiger partial charge in [0.25, 0.3) is 5.91 Å². The summed E-state index contributed by atoms with van der Waals surface area (Å²) in [7, 11) is 1.57. The van der Waals surface area contributed by atoms with Crippen LogP contribution in [0.2, 0.25) is 0 Å². The molecule has 3 N–H and O–H groups in total. The van der Waals surface area contributed by atoms with Gasteiger partial charge < -0.3 is 24.8 Å². The van der Waals surface area contributed by atoms with E-state index in [9.17, 15) is 14.4 Å². The summed E-state index contributed by atoms with van der Waals surface area (Å²) in [6.45, 7) is 4.07. The van der Waals surface area contributed by atoms with E-state index in [4.69, 9.17) is 14.2 Å². The molecule has 198 valence electrons. The van der Waals surface area contributed by atoms with Gasteiger partial charge in [-0.15, -0.1) is 0 Å². The van der Waals surface area contributed by atoms with Crippen LogP contribution >= 0.6 is 0 Å². The Bertz CT molecular complexity index is 1290. The number of hydrazone groups is 1. The SMILES string of the molecule is CCOc1cc(/C=N\NC(=O)C(=O)NCc2ccc(OC)cc2)ccc1OCC(=O)Nc1ccccc1C. The summed E-state index contributed by atoms with van der Waals surface area (Å²) < 4.78 is 16.4. The number of amides is 3. The van der Waals surface area contributed by atoms with Crippen molar-refractivity contribution in [3.63, 3.8) is 0 Å². The Morgan fingerprint density at radius 1 is 0.921 bits per heavy atom. The van der Waals surface area contributed by atoms with Gasteiger partial charge in [-0.2, -0.15) is 5.10 Å². The fourth-order valence-corrected chi connectivity index (χ4v) is 3.26. The second-order valence-electron chi connectivity index (χ2n) is 8.02. The van der Waals surface area contributed by atoms with Gasteiger partial charge in [-0.3, -0.25) is 14.4 Å². The number of anilines is 1. The Hall–Kier alpha value is -4.86. The van der Waals surface area contributed by atoms with E-state index in [0.29, 0.717) is 35.1 Å². The summed E-state index contributed by atoms with van der Waals surface area (Å²) in [6, 6.07) is 19.5. The lowest BCUT2D eigenvalue weighted by Crippen LogP contribution is -2.37. The minimum Gasteiger partial charge on any atom is -0.497 e. The number of nitrogens with zero attached hydrogens (tertiary/aromatic N) is 1. The van der Waals surface area contributed by atoms with Crippen molar-refractivity contribution in [3.05, 3.63) is 83.4 Å². The maximum absolute atomic E-state index is 12.3. The number of rotatable bonds is 11. The zero-order valence-electron chi connectivity index (χ0n) is 21.4. The maximum atomic E-state index is 12.3. The highest BCUT2D eigenvalue weighted by atomic mass is 16.5. The molecule has 0 aliphatic heterocycles. The van der Waals surface area contributed by atoms with Crippen molar-refractivity contribution in [2.75, 3.05) is 25.6 Å². The molecule has 0 aliphatic carbocycles. The number of methoxy groups -OCH3 is 1. The summed E-state index contributed by atoms with van der Waals surface area (Å²) >= 11 is 0. The van der Waals surface area contributed by atoms with E-state index in [-0.39, 0.29) is 19.1 Å². The lowest BCUT2D eigenvalue weighted by Gasteiger charge is -2.13. The molecule has 3 aromatic carbocycles. The summed E-state index contributed by atoms with van der Waals surface area (Å²) in [5.74, 6) is -0.544. The minimum absolute atomic E-state index is 0.183. The number of aryl methyl sites for hydroxylation is 1. The lowest BCUT2D eigenvalue weighted by molar-refractivity contribution is -0.139. The molecule has 0 saturated carbocycles. The number of benzene rings is 3. The topological polar surface area (TPSA) is 127 Å². The van der Waals surface area contributed by atoms with Gasteiger partial charge in [0.1, 0.15) is 5.75 Å². The Morgan fingerprint density at radius 3 is 2.39 bits per heavy atom. The van der Waals surface area contributed by atoms with Crippen molar-refractivity contribution in [1.82, 2.24) is 10.7 Å². The highest BCUT2D eigenvalue weighted by Crippen LogP contribution is 2.28. The van der Waals surface area contributed by atoms with Crippen LogP contribution in [0.1, 0.15) is 23.6 Å². The summed E-state index contributed by atoms with van der Waals surface area (Å²) in [5.41, 5.74) is 5.26. The zero-order chi connectivity index (χ0) is 27.3. The number of nitrogens with one attached hydrogen (secondary N) is 3. The highest BCUT2D eigenvalue weighted by Gasteiger charge is 2.13. The van der Waals surface area contributed by atoms with Crippen LogP contribution in [0.3, 0.4) is 0 Å². The first-order chi connectivity index (χ1) is 18.4. The van der Waals surface area contributed by atoms with Gasteiger partial charge in [0, 0.05) is 12.2 Å². The Labute approximate surface area is 221 Å². The minimum atomic E-state index is -0.903. The molecule has 0 radical (unpaired) electrons. The maximum Gasteiger partial charge on any atom is 0.329 e. The first-order valence-corrected chi connectivity index (χ1v) is 11.9. The predicted molar refractivity (Wildman–Crippen MR) is 143 cm³/mol. The molecule has 0 fully saturated rings. The Morgan fingerprint density at radius 2 is 1.68 bits per heavy atom. The molecule has 0 saturated heterocycles. The third-order valence-corrected chi connectivity index (χ3v) is 5.24. The molecular formula is C28H30N4O6. The van der Waals surface area contributed by atoms with Crippen LogP contribution in [0.4, 0.5) is 5.69 Å². The fourth-order valence-electron chi connectivity index (χ4n) is 3.26. The molecule has 0 unspecified atom stereocenters. The standard InChI is InChI=1S/C28H30N4O6/c1-4-37-25-15-21(11-14-24(25)38-18-26(33)31-23-8-6-5-7-19(23)2)17-30-32-28(35)27(34)29-16-20-9-12-22(36-3)13-10-20/h5-15,17H,4,16,18H2,1-3H3,(H,29,34)(H,31,33)(H,32,35)/b30-17-. The van der Waals surface area contributed by atoms with Gasteiger partial charge in [0.2, 0.25) is 0 Å². The van der Waals surface area contributed by atoms with Gasteiger partial charge in [-0.1, -0.05) is 30.3 Å². The monoisotopic (exact) mass is 518 g/mol. The highest BCUT2D eigenvalue weighted by molar-refractivity contribution is 6.35. The van der Waals surface area contributed by atoms with E-state index >= 15 is 0 Å². The summed E-state index contributed by atoms with van der Waals surface area (Å²) in [6.07, 6.45) is 1.37. The lowest BCUT2D eigenvalue weighted by atomic mass is 10.2. The zero-order valence-corrected chi connectivity index (χ0v) is 21.4. The average Bonchev–Trinajstić information content (AvgIpc) is 2.93. The molecule has 10 heteroatoms. The number of carbonyl (C=O) groups is 3. The smallest absolute Gasteiger partial charge is 0.329 e. The van der Waals surface area contributed by atoms with Crippen LogP contribution in [-0.4, -0.2) is 44.3 Å². The van der Waals surface area contributed by atoms with Crippen molar-refractivity contribution in [2.24, 2.45) is 5.10 Å². The van der Waals surface area contributed by atoms with Crippen LogP contribution in [0.5, 0.6) is 17.2 Å². The normalized spacial score (nSPS) is 10.5. The number of carbonyl (C=O) groups excluding carboxylic acids is 3. The molecule has 10 nitrogen and oxygen atoms in total. The molecule has 0 bridgehead atoms. The fraction of sp³-hybridized carbons (Fsp3) is 0.214. The Kier molecular flexibility index (Phi) is 10.2. The average molecular weight is 519 g/mol. The van der Waals surface area contributed by atoms with Gasteiger partial charge >= 0.3 is 11.8 Å². The first-order valence-electron chi connectivity index (χ1n) is 11.9. The van der Waals surface area contributed by atoms with Crippen LogP contribution < -0.4 is 30.3 Å². The van der Waals surface area contributed by atoms with E-state index in [1.165, 1.54) is 6.21 Å². The van der Waals surface area contributed by atoms with Crippen molar-refractivity contribution in [1.29, 1.82) is 0 Å².